The number of aromatic amines is 1. The number of carbonyl (C=O) groups is 1. The number of hydrogen-bond donors (Lipinski definition) is 1. The van der Waals surface area contributed by atoms with Gasteiger partial charge in [-0.3, -0.25) is 9.89 Å². The lowest BCUT2D eigenvalue weighted by molar-refractivity contribution is -0.0295. The van der Waals surface area contributed by atoms with E-state index in [1.54, 1.807) is 6.20 Å². The normalized spacial score (nSPS) is 30.9. The Balaban J connectivity index is 1.52. The first-order valence-corrected chi connectivity index (χ1v) is 10.1. The van der Waals surface area contributed by atoms with Crippen molar-refractivity contribution in [3.63, 3.8) is 0 Å². The molecular formula is C20H31N3O2. The van der Waals surface area contributed by atoms with Gasteiger partial charge in [-0.15, -0.1) is 0 Å². The largest absolute Gasteiger partial charge is 0.381 e. The standard InChI is InChI=1S/C20H31N3O2/c1-25-17-9-5-10-20(17)11-6-12-23(14-20)19(24)16-13-21-22-18(16)15-7-3-2-4-8-15/h13,15,17H,2-12,14H2,1H3,(H,21,22)/t17-,20+/m1/s1. The molecule has 0 aromatic carbocycles. The van der Waals surface area contributed by atoms with Crippen LogP contribution in [0.5, 0.6) is 0 Å². The van der Waals surface area contributed by atoms with E-state index >= 15 is 0 Å². The lowest BCUT2D eigenvalue weighted by Gasteiger charge is -2.43. The van der Waals surface area contributed by atoms with Gasteiger partial charge in [0.25, 0.3) is 5.91 Å². The van der Waals surface area contributed by atoms with E-state index in [2.05, 4.69) is 15.1 Å². The Labute approximate surface area is 150 Å². The van der Waals surface area contributed by atoms with E-state index in [4.69, 9.17) is 4.74 Å². The molecule has 0 bridgehead atoms. The number of nitrogens with zero attached hydrogens (tertiary/aromatic N) is 2. The van der Waals surface area contributed by atoms with Gasteiger partial charge in [0.15, 0.2) is 0 Å². The van der Waals surface area contributed by atoms with Gasteiger partial charge in [-0.2, -0.15) is 5.10 Å². The monoisotopic (exact) mass is 345 g/mol. The van der Waals surface area contributed by atoms with Crippen LogP contribution < -0.4 is 0 Å². The van der Waals surface area contributed by atoms with Crippen molar-refractivity contribution >= 4 is 5.91 Å². The second-order valence-corrected chi connectivity index (χ2v) is 8.34. The Bertz CT molecular complexity index is 608. The fraction of sp³-hybridized carbons (Fsp3) is 0.800. The number of aromatic nitrogens is 2. The Morgan fingerprint density at radius 3 is 2.80 bits per heavy atom. The number of piperidine rings is 1. The Morgan fingerprint density at radius 1 is 1.20 bits per heavy atom. The van der Waals surface area contributed by atoms with Crippen molar-refractivity contribution in [2.75, 3.05) is 20.2 Å². The molecule has 25 heavy (non-hydrogen) atoms. The van der Waals surface area contributed by atoms with E-state index in [9.17, 15) is 4.79 Å². The zero-order valence-corrected chi connectivity index (χ0v) is 15.4. The summed E-state index contributed by atoms with van der Waals surface area (Å²) in [5.41, 5.74) is 2.08. The first-order chi connectivity index (χ1) is 12.2. The summed E-state index contributed by atoms with van der Waals surface area (Å²) < 4.78 is 5.79. The molecule has 2 heterocycles. The molecule has 4 rings (SSSR count). The maximum absolute atomic E-state index is 13.3. The third-order valence-electron chi connectivity index (χ3n) is 6.92. The molecule has 138 valence electrons. The zero-order chi connectivity index (χ0) is 17.3. The van der Waals surface area contributed by atoms with E-state index in [0.717, 1.165) is 37.2 Å². The van der Waals surface area contributed by atoms with Gasteiger partial charge in [-0.1, -0.05) is 25.7 Å². The molecule has 3 fully saturated rings. The second kappa shape index (κ2) is 7.10. The minimum absolute atomic E-state index is 0.176. The van der Waals surface area contributed by atoms with E-state index in [1.165, 1.54) is 51.4 Å². The highest BCUT2D eigenvalue weighted by molar-refractivity contribution is 5.95. The average Bonchev–Trinajstić information content (AvgIpc) is 3.29. The van der Waals surface area contributed by atoms with Gasteiger partial charge in [0.05, 0.1) is 23.6 Å². The highest BCUT2D eigenvalue weighted by atomic mass is 16.5. The summed E-state index contributed by atoms with van der Waals surface area (Å²) in [4.78, 5) is 15.4. The molecule has 2 aliphatic carbocycles. The summed E-state index contributed by atoms with van der Waals surface area (Å²) in [6.07, 6.45) is 14.1. The topological polar surface area (TPSA) is 58.2 Å². The summed E-state index contributed by atoms with van der Waals surface area (Å²) in [5.74, 6) is 0.655. The molecular weight excluding hydrogens is 314 g/mol. The molecule has 1 aliphatic heterocycles. The van der Waals surface area contributed by atoms with Gasteiger partial charge in [-0.05, 0) is 38.5 Å². The van der Waals surface area contributed by atoms with Crippen LogP contribution in [0.3, 0.4) is 0 Å². The van der Waals surface area contributed by atoms with Crippen molar-refractivity contribution in [1.29, 1.82) is 0 Å². The number of hydrogen-bond acceptors (Lipinski definition) is 3. The fourth-order valence-electron chi connectivity index (χ4n) is 5.61. The molecule has 2 atom stereocenters. The van der Waals surface area contributed by atoms with Crippen molar-refractivity contribution in [3.05, 3.63) is 17.5 Å². The van der Waals surface area contributed by atoms with Crippen LogP contribution in [0, 0.1) is 5.41 Å². The molecule has 0 radical (unpaired) electrons. The highest BCUT2D eigenvalue weighted by Gasteiger charge is 2.47. The predicted molar refractivity (Wildman–Crippen MR) is 96.6 cm³/mol. The number of rotatable bonds is 3. The number of H-pyrrole nitrogens is 1. The maximum atomic E-state index is 13.3. The van der Waals surface area contributed by atoms with Crippen LogP contribution in [0.15, 0.2) is 6.20 Å². The smallest absolute Gasteiger partial charge is 0.257 e. The molecule has 0 unspecified atom stereocenters. The van der Waals surface area contributed by atoms with Crippen LogP contribution in [0.2, 0.25) is 0 Å². The molecule has 1 saturated heterocycles. The number of methoxy groups -OCH3 is 1. The average molecular weight is 345 g/mol. The summed E-state index contributed by atoms with van der Waals surface area (Å²) in [7, 11) is 1.83. The molecule has 1 N–H and O–H groups in total. The van der Waals surface area contributed by atoms with Gasteiger partial charge in [-0.25, -0.2) is 0 Å². The minimum atomic E-state index is 0.176. The summed E-state index contributed by atoms with van der Waals surface area (Å²) >= 11 is 0. The fourth-order valence-corrected chi connectivity index (χ4v) is 5.61. The number of nitrogens with one attached hydrogen (secondary N) is 1. The van der Waals surface area contributed by atoms with Gasteiger partial charge in [0, 0.05) is 31.5 Å². The minimum Gasteiger partial charge on any atom is -0.381 e. The van der Waals surface area contributed by atoms with E-state index in [1.807, 2.05) is 7.11 Å². The third-order valence-corrected chi connectivity index (χ3v) is 6.92. The third kappa shape index (κ3) is 3.12. The Morgan fingerprint density at radius 2 is 2.00 bits per heavy atom. The van der Waals surface area contributed by atoms with Gasteiger partial charge in [0.1, 0.15) is 0 Å². The Kier molecular flexibility index (Phi) is 4.85. The van der Waals surface area contributed by atoms with E-state index in [0.29, 0.717) is 12.0 Å². The maximum Gasteiger partial charge on any atom is 0.257 e. The van der Waals surface area contributed by atoms with Crippen molar-refractivity contribution in [3.8, 4) is 0 Å². The summed E-state index contributed by atoms with van der Waals surface area (Å²) in [6.45, 7) is 1.71. The van der Waals surface area contributed by atoms with Crippen LogP contribution in [-0.4, -0.2) is 47.3 Å². The first-order valence-electron chi connectivity index (χ1n) is 10.1. The Hall–Kier alpha value is -1.36. The molecule has 3 aliphatic rings. The first kappa shape index (κ1) is 17.1. The summed E-state index contributed by atoms with van der Waals surface area (Å²) in [6, 6.07) is 0. The number of likely N-dealkylation sites (tertiary alicyclic amines) is 1. The molecule has 1 aromatic rings. The van der Waals surface area contributed by atoms with Gasteiger partial charge >= 0.3 is 0 Å². The van der Waals surface area contributed by atoms with Crippen LogP contribution in [0.1, 0.15) is 86.2 Å². The van der Waals surface area contributed by atoms with Crippen molar-refractivity contribution in [1.82, 2.24) is 15.1 Å². The molecule has 5 nitrogen and oxygen atoms in total. The predicted octanol–water partition coefficient (Wildman–Crippen LogP) is 3.88. The number of amides is 1. The van der Waals surface area contributed by atoms with Gasteiger partial charge in [0.2, 0.25) is 0 Å². The number of carbonyl (C=O) groups excluding carboxylic acids is 1. The molecule has 5 heteroatoms. The SMILES string of the molecule is CO[C@@H]1CCC[C@@]12CCCN(C(=O)c1cn[nH]c1C1CCCCC1)C2. The van der Waals surface area contributed by atoms with Crippen LogP contribution in [0.25, 0.3) is 0 Å². The van der Waals surface area contributed by atoms with Crippen LogP contribution >= 0.6 is 0 Å². The van der Waals surface area contributed by atoms with Gasteiger partial charge < -0.3 is 9.64 Å². The van der Waals surface area contributed by atoms with E-state index < -0.39 is 0 Å². The lowest BCUT2D eigenvalue weighted by atomic mass is 9.76. The lowest BCUT2D eigenvalue weighted by Crippen LogP contribution is -2.50. The van der Waals surface area contributed by atoms with Crippen molar-refractivity contribution in [2.45, 2.75) is 76.2 Å². The van der Waals surface area contributed by atoms with Crippen LogP contribution in [-0.2, 0) is 4.74 Å². The number of ether oxygens (including phenoxy) is 1. The quantitative estimate of drug-likeness (QED) is 0.904. The van der Waals surface area contributed by atoms with Crippen molar-refractivity contribution < 1.29 is 9.53 Å². The second-order valence-electron chi connectivity index (χ2n) is 8.34. The van der Waals surface area contributed by atoms with Crippen LogP contribution in [0.4, 0.5) is 0 Å². The van der Waals surface area contributed by atoms with Crippen molar-refractivity contribution in [2.24, 2.45) is 5.41 Å². The molecule has 1 spiro atoms. The molecule has 2 saturated carbocycles. The molecule has 1 amide bonds. The van der Waals surface area contributed by atoms with E-state index in [-0.39, 0.29) is 11.3 Å². The highest BCUT2D eigenvalue weighted by Crippen LogP contribution is 2.46. The summed E-state index contributed by atoms with van der Waals surface area (Å²) in [5, 5.41) is 7.39. The molecule has 1 aromatic heterocycles. The zero-order valence-electron chi connectivity index (χ0n) is 15.4.